The highest BCUT2D eigenvalue weighted by Crippen LogP contribution is 2.26. The number of amides is 1. The second-order valence-corrected chi connectivity index (χ2v) is 7.09. The number of aromatic nitrogens is 4. The van der Waals surface area contributed by atoms with E-state index >= 15 is 0 Å². The summed E-state index contributed by atoms with van der Waals surface area (Å²) in [6.45, 7) is 5.36. The third-order valence-corrected chi connectivity index (χ3v) is 4.81. The number of hydrogen-bond donors (Lipinski definition) is 2. The molecular weight excluding hydrogens is 368 g/mol. The summed E-state index contributed by atoms with van der Waals surface area (Å²) in [4.78, 5) is 12.9. The number of benzene rings is 1. The first-order valence-electron chi connectivity index (χ1n) is 9.73. The van der Waals surface area contributed by atoms with E-state index in [0.29, 0.717) is 29.8 Å². The van der Waals surface area contributed by atoms with Crippen molar-refractivity contribution in [2.45, 2.75) is 26.3 Å². The summed E-state index contributed by atoms with van der Waals surface area (Å²) >= 11 is 0. The van der Waals surface area contributed by atoms with Crippen LogP contribution in [0.1, 0.15) is 36.3 Å². The molecule has 1 amide bonds. The van der Waals surface area contributed by atoms with E-state index in [2.05, 4.69) is 38.9 Å². The first-order valence-corrected chi connectivity index (χ1v) is 9.73. The number of nitrogens with zero attached hydrogens (tertiary/aromatic N) is 4. The Morgan fingerprint density at radius 1 is 1.34 bits per heavy atom. The second kappa shape index (κ2) is 8.00. The molecule has 1 atom stereocenters. The lowest BCUT2D eigenvalue weighted by Gasteiger charge is -2.18. The maximum absolute atomic E-state index is 12.9. The lowest BCUT2D eigenvalue weighted by atomic mass is 10.0. The number of carbonyl (C=O) groups excluding carboxylic acids is 1. The van der Waals surface area contributed by atoms with Crippen LogP contribution in [0.2, 0.25) is 0 Å². The molecule has 1 aliphatic rings. The van der Waals surface area contributed by atoms with Crippen molar-refractivity contribution in [3.63, 3.8) is 0 Å². The fourth-order valence-electron chi connectivity index (χ4n) is 3.47. The van der Waals surface area contributed by atoms with Crippen LogP contribution in [0.15, 0.2) is 36.5 Å². The minimum Gasteiger partial charge on any atom is -0.493 e. The van der Waals surface area contributed by atoms with Gasteiger partial charge in [0.1, 0.15) is 5.75 Å². The lowest BCUT2D eigenvalue weighted by Crippen LogP contribution is -2.29. The SMILES string of the molecule is CCOc1cc2nn(C)cc2cc1C(=O)Nc1ccc(C2=C[C@@H](C)NCC2)nn1. The molecule has 8 heteroatoms. The first-order chi connectivity index (χ1) is 14.0. The van der Waals surface area contributed by atoms with E-state index in [1.54, 1.807) is 22.9 Å². The molecule has 3 heterocycles. The van der Waals surface area contributed by atoms with Crippen molar-refractivity contribution < 1.29 is 9.53 Å². The van der Waals surface area contributed by atoms with E-state index in [4.69, 9.17) is 4.74 Å². The van der Waals surface area contributed by atoms with Crippen LogP contribution < -0.4 is 15.4 Å². The van der Waals surface area contributed by atoms with Crippen LogP contribution in [0.25, 0.3) is 16.5 Å². The van der Waals surface area contributed by atoms with Crippen molar-refractivity contribution in [3.05, 3.63) is 47.8 Å². The molecular formula is C21H24N6O2. The summed E-state index contributed by atoms with van der Waals surface area (Å²) in [5.41, 5.74) is 3.22. The number of aryl methyl sites for hydroxylation is 1. The van der Waals surface area contributed by atoms with Gasteiger partial charge in [-0.05, 0) is 50.6 Å². The van der Waals surface area contributed by atoms with Crippen molar-refractivity contribution in [1.29, 1.82) is 0 Å². The maximum Gasteiger partial charge on any atom is 0.260 e. The molecule has 1 aliphatic heterocycles. The molecule has 3 aromatic rings. The van der Waals surface area contributed by atoms with E-state index < -0.39 is 0 Å². The summed E-state index contributed by atoms with van der Waals surface area (Å²) < 4.78 is 7.37. The number of ether oxygens (including phenoxy) is 1. The Kier molecular flexibility index (Phi) is 5.26. The molecule has 1 aromatic carbocycles. The number of hydrogen-bond acceptors (Lipinski definition) is 6. The van der Waals surface area contributed by atoms with Crippen LogP contribution >= 0.6 is 0 Å². The zero-order valence-corrected chi connectivity index (χ0v) is 16.8. The molecule has 29 heavy (non-hydrogen) atoms. The van der Waals surface area contributed by atoms with E-state index in [0.717, 1.165) is 29.6 Å². The van der Waals surface area contributed by atoms with Gasteiger partial charge in [-0.3, -0.25) is 9.48 Å². The van der Waals surface area contributed by atoms with Crippen LogP contribution in [-0.4, -0.2) is 45.1 Å². The fourth-order valence-corrected chi connectivity index (χ4v) is 3.47. The second-order valence-electron chi connectivity index (χ2n) is 7.09. The molecule has 0 radical (unpaired) electrons. The molecule has 8 nitrogen and oxygen atoms in total. The van der Waals surface area contributed by atoms with Gasteiger partial charge in [0.05, 0.1) is 23.4 Å². The third kappa shape index (κ3) is 4.12. The Morgan fingerprint density at radius 3 is 2.93 bits per heavy atom. The van der Waals surface area contributed by atoms with Gasteiger partial charge in [0.25, 0.3) is 5.91 Å². The van der Waals surface area contributed by atoms with Gasteiger partial charge in [0.15, 0.2) is 5.82 Å². The summed E-state index contributed by atoms with van der Waals surface area (Å²) in [6, 6.07) is 7.55. The number of rotatable bonds is 5. The highest BCUT2D eigenvalue weighted by Gasteiger charge is 2.17. The van der Waals surface area contributed by atoms with Crippen LogP contribution in [0.5, 0.6) is 5.75 Å². The average molecular weight is 392 g/mol. The maximum atomic E-state index is 12.9. The zero-order chi connectivity index (χ0) is 20.4. The lowest BCUT2D eigenvalue weighted by molar-refractivity contribution is 0.102. The third-order valence-electron chi connectivity index (χ3n) is 4.81. The van der Waals surface area contributed by atoms with Crippen molar-refractivity contribution in [2.24, 2.45) is 7.05 Å². The average Bonchev–Trinajstić information content (AvgIpc) is 3.07. The highest BCUT2D eigenvalue weighted by molar-refractivity contribution is 6.08. The van der Waals surface area contributed by atoms with Crippen molar-refractivity contribution in [3.8, 4) is 5.75 Å². The van der Waals surface area contributed by atoms with Crippen LogP contribution in [0, 0.1) is 0 Å². The Hall–Kier alpha value is -3.26. The van der Waals surface area contributed by atoms with Gasteiger partial charge in [-0.15, -0.1) is 10.2 Å². The van der Waals surface area contributed by atoms with Gasteiger partial charge in [0.2, 0.25) is 0 Å². The Labute approximate surface area is 169 Å². The van der Waals surface area contributed by atoms with Gasteiger partial charge >= 0.3 is 0 Å². The van der Waals surface area contributed by atoms with Crippen LogP contribution in [-0.2, 0) is 7.05 Å². The predicted molar refractivity (Wildman–Crippen MR) is 112 cm³/mol. The Balaban J connectivity index is 1.56. The molecule has 0 bridgehead atoms. The van der Waals surface area contributed by atoms with Gasteiger partial charge in [-0.1, -0.05) is 6.08 Å². The number of carbonyl (C=O) groups is 1. The predicted octanol–water partition coefficient (Wildman–Crippen LogP) is 2.78. The van der Waals surface area contributed by atoms with Gasteiger partial charge < -0.3 is 15.4 Å². The van der Waals surface area contributed by atoms with Crippen molar-refractivity contribution >= 4 is 28.2 Å². The van der Waals surface area contributed by atoms with Gasteiger partial charge in [-0.2, -0.15) is 5.10 Å². The molecule has 0 saturated heterocycles. The molecule has 0 saturated carbocycles. The van der Waals surface area contributed by atoms with E-state index in [1.165, 1.54) is 5.57 Å². The highest BCUT2D eigenvalue weighted by atomic mass is 16.5. The summed E-state index contributed by atoms with van der Waals surface area (Å²) in [5.74, 6) is 0.598. The molecule has 0 unspecified atom stereocenters. The largest absolute Gasteiger partial charge is 0.493 e. The molecule has 0 fully saturated rings. The summed E-state index contributed by atoms with van der Waals surface area (Å²) in [6.07, 6.45) is 4.93. The zero-order valence-electron chi connectivity index (χ0n) is 16.8. The minimum absolute atomic E-state index is 0.295. The molecule has 0 aliphatic carbocycles. The molecule has 2 N–H and O–H groups in total. The van der Waals surface area contributed by atoms with Crippen molar-refractivity contribution in [1.82, 2.24) is 25.3 Å². The molecule has 0 spiro atoms. The number of fused-ring (bicyclic) bond motifs is 1. The monoisotopic (exact) mass is 392 g/mol. The van der Waals surface area contributed by atoms with Crippen molar-refractivity contribution in [2.75, 3.05) is 18.5 Å². The fraction of sp³-hybridized carbons (Fsp3) is 0.333. The van der Waals surface area contributed by atoms with Crippen LogP contribution in [0.4, 0.5) is 5.82 Å². The van der Waals surface area contributed by atoms with Gasteiger partial charge in [-0.25, -0.2) is 0 Å². The summed E-state index contributed by atoms with van der Waals surface area (Å²) in [7, 11) is 1.84. The normalized spacial score (nSPS) is 16.5. The quantitative estimate of drug-likeness (QED) is 0.693. The Morgan fingerprint density at radius 2 is 2.21 bits per heavy atom. The minimum atomic E-state index is -0.295. The summed E-state index contributed by atoms with van der Waals surface area (Å²) in [5, 5.41) is 19.9. The standard InChI is InChI=1S/C21H24N6O2/c1-4-29-19-11-18-15(12-27(3)26-18)10-16(19)21(28)23-20-6-5-17(24-25-20)14-7-8-22-13(2)9-14/h5-6,9-13,22H,4,7-8H2,1-3H3,(H,23,25,28)/t13-/m1/s1. The topological polar surface area (TPSA) is 94.0 Å². The number of anilines is 1. The van der Waals surface area contributed by atoms with E-state index in [1.807, 2.05) is 26.2 Å². The van der Waals surface area contributed by atoms with Crippen LogP contribution in [0.3, 0.4) is 0 Å². The van der Waals surface area contributed by atoms with Gasteiger partial charge in [0, 0.05) is 30.7 Å². The Bertz CT molecular complexity index is 1070. The van der Waals surface area contributed by atoms with E-state index in [9.17, 15) is 4.79 Å². The molecule has 150 valence electrons. The molecule has 2 aromatic heterocycles. The first kappa shape index (κ1) is 19.1. The number of nitrogens with one attached hydrogen (secondary N) is 2. The smallest absolute Gasteiger partial charge is 0.260 e. The van der Waals surface area contributed by atoms with E-state index in [-0.39, 0.29) is 5.91 Å². The molecule has 4 rings (SSSR count).